The molecule has 2 aliphatic rings. The van der Waals surface area contributed by atoms with Crippen LogP contribution in [0.1, 0.15) is 72.2 Å². The summed E-state index contributed by atoms with van der Waals surface area (Å²) in [7, 11) is 0. The maximum Gasteiger partial charge on any atom is 0.338 e. The Balaban J connectivity index is 2.31. The van der Waals surface area contributed by atoms with Crippen LogP contribution in [0.4, 0.5) is 0 Å². The van der Waals surface area contributed by atoms with Crippen LogP contribution in [0.25, 0.3) is 0 Å². The topological polar surface area (TPSA) is 139 Å². The first-order chi connectivity index (χ1) is 20.0. The van der Waals surface area contributed by atoms with Gasteiger partial charge in [0.1, 0.15) is 12.2 Å². The Morgan fingerprint density at radius 2 is 1.47 bits per heavy atom. The quantitative estimate of drug-likeness (QED) is 0.274. The molecule has 0 saturated heterocycles. The van der Waals surface area contributed by atoms with Crippen molar-refractivity contribution in [1.82, 2.24) is 0 Å². The molecule has 3 rings (SSSR count). The van der Waals surface area contributed by atoms with E-state index in [0.717, 1.165) is 0 Å². The molecule has 0 N–H and O–H groups in total. The van der Waals surface area contributed by atoms with E-state index >= 15 is 0 Å². The highest BCUT2D eigenvalue weighted by Crippen LogP contribution is 2.50. The van der Waals surface area contributed by atoms with Crippen LogP contribution in [0, 0.1) is 23.2 Å². The van der Waals surface area contributed by atoms with E-state index in [2.05, 4.69) is 0 Å². The molecule has 1 fully saturated rings. The lowest BCUT2D eigenvalue weighted by Crippen LogP contribution is -2.56. The molecule has 7 unspecified atom stereocenters. The van der Waals surface area contributed by atoms with E-state index in [-0.39, 0.29) is 17.6 Å². The summed E-state index contributed by atoms with van der Waals surface area (Å²) in [4.78, 5) is 78.5. The smallest absolute Gasteiger partial charge is 0.338 e. The monoisotopic (exact) mass is 596 g/mol. The second-order valence-electron chi connectivity index (χ2n) is 12.1. The van der Waals surface area contributed by atoms with E-state index in [4.69, 9.17) is 18.9 Å². The fourth-order valence-corrected chi connectivity index (χ4v) is 6.11. The highest BCUT2D eigenvalue weighted by Gasteiger charge is 2.64. The molecular formula is C33H40O10. The number of hydrogen-bond acceptors (Lipinski definition) is 10. The molecule has 0 amide bonds. The van der Waals surface area contributed by atoms with E-state index in [0.29, 0.717) is 0 Å². The van der Waals surface area contributed by atoms with E-state index in [1.807, 2.05) is 0 Å². The number of hydrogen-bond donors (Lipinski definition) is 0. The third-order valence-corrected chi connectivity index (χ3v) is 7.96. The normalized spacial score (nSPS) is 32.5. The summed E-state index contributed by atoms with van der Waals surface area (Å²) in [5.74, 6) is -6.54. The number of ether oxygens (including phenoxy) is 4. The molecule has 2 aliphatic carbocycles. The predicted octanol–water partition coefficient (Wildman–Crippen LogP) is 4.35. The standard InChI is InChI=1S/C33H40O10/c1-18-14-15-32(7,8)30(41-22(5)35)25(37)16-19(2)27(40-21(4)34)26-28(42-31(39)24-12-10-9-11-13-24)20(3)17-33(26,29(18)38)43-23(6)36/h9-16,18,20,26-28,30H,17H2,1-8H3/b15-14+,19-16+. The van der Waals surface area contributed by atoms with Gasteiger partial charge in [-0.05, 0) is 36.6 Å². The number of benzene rings is 1. The maximum absolute atomic E-state index is 14.4. The van der Waals surface area contributed by atoms with Crippen LogP contribution >= 0.6 is 0 Å². The van der Waals surface area contributed by atoms with Crippen LogP contribution in [0.15, 0.2) is 54.1 Å². The molecule has 10 heteroatoms. The van der Waals surface area contributed by atoms with Gasteiger partial charge >= 0.3 is 23.9 Å². The van der Waals surface area contributed by atoms with Crippen LogP contribution in [0.3, 0.4) is 0 Å². The number of Topliss-reactive ketones (excluding diaryl/α,β-unsaturated/α-hetero) is 1. The molecule has 0 spiro atoms. The van der Waals surface area contributed by atoms with Crippen molar-refractivity contribution in [3.63, 3.8) is 0 Å². The van der Waals surface area contributed by atoms with Gasteiger partial charge in [0, 0.05) is 38.5 Å². The van der Waals surface area contributed by atoms with Gasteiger partial charge in [-0.2, -0.15) is 0 Å². The lowest BCUT2D eigenvalue weighted by atomic mass is 9.74. The molecular weight excluding hydrogens is 556 g/mol. The molecule has 1 aromatic rings. The predicted molar refractivity (Wildman–Crippen MR) is 154 cm³/mol. The molecule has 0 aliphatic heterocycles. The van der Waals surface area contributed by atoms with Gasteiger partial charge in [-0.1, -0.05) is 58.0 Å². The number of ketones is 2. The van der Waals surface area contributed by atoms with Crippen LogP contribution in [-0.2, 0) is 42.9 Å². The van der Waals surface area contributed by atoms with Crippen molar-refractivity contribution < 1.29 is 47.7 Å². The van der Waals surface area contributed by atoms with E-state index in [9.17, 15) is 28.8 Å². The number of carbonyl (C=O) groups excluding carboxylic acids is 6. The molecule has 0 heterocycles. The third kappa shape index (κ3) is 7.29. The largest absolute Gasteiger partial charge is 0.458 e. The van der Waals surface area contributed by atoms with Gasteiger partial charge in [-0.3, -0.25) is 24.0 Å². The molecule has 1 aromatic carbocycles. The van der Waals surface area contributed by atoms with Crippen molar-refractivity contribution in [2.24, 2.45) is 23.2 Å². The molecule has 1 saturated carbocycles. The van der Waals surface area contributed by atoms with Gasteiger partial charge in [-0.15, -0.1) is 0 Å². The Morgan fingerprint density at radius 3 is 2.02 bits per heavy atom. The summed E-state index contributed by atoms with van der Waals surface area (Å²) in [6, 6.07) is 8.24. The number of rotatable bonds is 5. The Labute approximate surface area is 251 Å². The lowest BCUT2D eigenvalue weighted by molar-refractivity contribution is -0.182. The molecule has 10 nitrogen and oxygen atoms in total. The maximum atomic E-state index is 14.4. The Bertz CT molecular complexity index is 1340. The number of fused-ring (bicyclic) bond motifs is 1. The van der Waals surface area contributed by atoms with Crippen LogP contribution < -0.4 is 0 Å². The van der Waals surface area contributed by atoms with Gasteiger partial charge in [0.05, 0.1) is 11.5 Å². The van der Waals surface area contributed by atoms with Gasteiger partial charge in [0.25, 0.3) is 0 Å². The summed E-state index contributed by atoms with van der Waals surface area (Å²) in [5.41, 5.74) is -2.48. The first-order valence-corrected chi connectivity index (χ1v) is 14.3. The van der Waals surface area contributed by atoms with E-state index < -0.39 is 82.5 Å². The Kier molecular flexibility index (Phi) is 10.1. The zero-order valence-corrected chi connectivity index (χ0v) is 25.9. The highest BCUT2D eigenvalue weighted by atomic mass is 16.6. The van der Waals surface area contributed by atoms with E-state index in [1.165, 1.54) is 33.8 Å². The van der Waals surface area contributed by atoms with Gasteiger partial charge in [-0.25, -0.2) is 4.79 Å². The van der Waals surface area contributed by atoms with Crippen molar-refractivity contribution in [1.29, 1.82) is 0 Å². The minimum absolute atomic E-state index is 0.0283. The number of esters is 4. The fraction of sp³-hybridized carbons (Fsp3) is 0.515. The summed E-state index contributed by atoms with van der Waals surface area (Å²) >= 11 is 0. The first kappa shape index (κ1) is 33.4. The summed E-state index contributed by atoms with van der Waals surface area (Å²) in [6.07, 6.45) is 0.698. The minimum Gasteiger partial charge on any atom is -0.458 e. The first-order valence-electron chi connectivity index (χ1n) is 14.3. The van der Waals surface area contributed by atoms with Crippen molar-refractivity contribution >= 4 is 35.4 Å². The second kappa shape index (κ2) is 13.1. The van der Waals surface area contributed by atoms with Crippen LogP contribution in [0.2, 0.25) is 0 Å². The molecule has 0 aromatic heterocycles. The molecule has 7 atom stereocenters. The zero-order valence-electron chi connectivity index (χ0n) is 25.9. The molecule has 43 heavy (non-hydrogen) atoms. The van der Waals surface area contributed by atoms with Gasteiger partial charge < -0.3 is 18.9 Å². The number of carbonyl (C=O) groups is 6. The van der Waals surface area contributed by atoms with Crippen molar-refractivity contribution in [2.75, 3.05) is 0 Å². The second-order valence-corrected chi connectivity index (χ2v) is 12.1. The highest BCUT2D eigenvalue weighted by molar-refractivity contribution is 5.97. The molecule has 0 radical (unpaired) electrons. The van der Waals surface area contributed by atoms with Crippen molar-refractivity contribution in [2.45, 2.75) is 85.7 Å². The summed E-state index contributed by atoms with van der Waals surface area (Å²) < 4.78 is 23.1. The van der Waals surface area contributed by atoms with Gasteiger partial charge in [0.2, 0.25) is 0 Å². The average molecular weight is 597 g/mol. The third-order valence-electron chi connectivity index (χ3n) is 7.96. The summed E-state index contributed by atoms with van der Waals surface area (Å²) in [5, 5.41) is 0. The van der Waals surface area contributed by atoms with Crippen molar-refractivity contribution in [3.8, 4) is 0 Å². The Hall–Kier alpha value is -4.08. The van der Waals surface area contributed by atoms with Crippen LogP contribution in [0.5, 0.6) is 0 Å². The minimum atomic E-state index is -1.88. The lowest BCUT2D eigenvalue weighted by Gasteiger charge is -2.40. The SMILES string of the molecule is CC(=O)OC1/C(C)=C/C(=O)C(OC(C)=O)C(C)(C)/C=C/C(C)C(=O)C2(OC(C)=O)CC(C)C(OC(=O)c3ccccc3)C12. The summed E-state index contributed by atoms with van der Waals surface area (Å²) in [6.45, 7) is 11.8. The van der Waals surface area contributed by atoms with Crippen molar-refractivity contribution in [3.05, 3.63) is 59.7 Å². The molecule has 0 bridgehead atoms. The van der Waals surface area contributed by atoms with Crippen LogP contribution in [-0.4, -0.2) is 59.4 Å². The Morgan fingerprint density at radius 1 is 0.860 bits per heavy atom. The number of allylic oxidation sites excluding steroid dienone is 1. The zero-order chi connectivity index (χ0) is 32.3. The average Bonchev–Trinajstić information content (AvgIpc) is 3.18. The van der Waals surface area contributed by atoms with Gasteiger partial charge in [0.15, 0.2) is 23.3 Å². The fourth-order valence-electron chi connectivity index (χ4n) is 6.11. The van der Waals surface area contributed by atoms with E-state index in [1.54, 1.807) is 70.2 Å². The molecule has 232 valence electrons.